The first-order valence-electron chi connectivity index (χ1n) is 10.1. The zero-order chi connectivity index (χ0) is 23.2. The lowest BCUT2D eigenvalue weighted by molar-refractivity contribution is -0.115. The molecule has 5 nitrogen and oxygen atoms in total. The van der Waals surface area contributed by atoms with E-state index in [0.717, 1.165) is 16.2 Å². The minimum atomic E-state index is -0.580. The molecule has 1 atom stereocenters. The number of amides is 2. The van der Waals surface area contributed by atoms with E-state index in [9.17, 15) is 14.0 Å². The fourth-order valence-electron chi connectivity index (χ4n) is 3.03. The monoisotopic (exact) mass is 477 g/mol. The first kappa shape index (κ1) is 22.7. The maximum atomic E-state index is 13.8. The molecule has 0 saturated heterocycles. The van der Waals surface area contributed by atoms with Crippen LogP contribution in [0.5, 0.6) is 0 Å². The van der Waals surface area contributed by atoms with Crippen molar-refractivity contribution in [2.24, 2.45) is 0 Å². The van der Waals surface area contributed by atoms with Crippen molar-refractivity contribution in [2.45, 2.75) is 17.1 Å². The second-order valence-electron chi connectivity index (χ2n) is 7.12. The summed E-state index contributed by atoms with van der Waals surface area (Å²) < 4.78 is 13.8. The third-order valence-corrected chi connectivity index (χ3v) is 6.55. The number of anilines is 2. The fraction of sp³-hybridized carbons (Fsp3) is 0.0800. The van der Waals surface area contributed by atoms with Crippen LogP contribution in [0.25, 0.3) is 11.3 Å². The molecule has 0 aliphatic heterocycles. The van der Waals surface area contributed by atoms with Gasteiger partial charge in [-0.15, -0.1) is 23.1 Å². The topological polar surface area (TPSA) is 71.1 Å². The van der Waals surface area contributed by atoms with Gasteiger partial charge in [0.2, 0.25) is 5.91 Å². The van der Waals surface area contributed by atoms with E-state index in [1.54, 1.807) is 31.2 Å². The van der Waals surface area contributed by atoms with E-state index < -0.39 is 17.0 Å². The van der Waals surface area contributed by atoms with E-state index in [-0.39, 0.29) is 11.5 Å². The van der Waals surface area contributed by atoms with Gasteiger partial charge in [-0.3, -0.25) is 9.59 Å². The molecule has 2 N–H and O–H groups in total. The van der Waals surface area contributed by atoms with Crippen LogP contribution >= 0.6 is 23.1 Å². The Hall–Kier alpha value is -3.49. The molecule has 4 aromatic rings. The smallest absolute Gasteiger partial charge is 0.258 e. The lowest BCUT2D eigenvalue weighted by Crippen LogP contribution is -2.22. The molecule has 0 fully saturated rings. The van der Waals surface area contributed by atoms with Crippen LogP contribution in [0.3, 0.4) is 0 Å². The predicted molar refractivity (Wildman–Crippen MR) is 132 cm³/mol. The van der Waals surface area contributed by atoms with E-state index in [1.807, 2.05) is 41.8 Å². The summed E-state index contributed by atoms with van der Waals surface area (Å²) in [6.07, 6.45) is 0. The van der Waals surface area contributed by atoms with Crippen LogP contribution in [0, 0.1) is 5.82 Å². The Labute approximate surface area is 199 Å². The van der Waals surface area contributed by atoms with Crippen molar-refractivity contribution in [1.29, 1.82) is 0 Å². The van der Waals surface area contributed by atoms with Crippen molar-refractivity contribution in [3.05, 3.63) is 95.6 Å². The largest absolute Gasteiger partial charge is 0.322 e. The molecule has 0 aliphatic rings. The molecule has 0 saturated carbocycles. The van der Waals surface area contributed by atoms with Crippen LogP contribution in [0.1, 0.15) is 17.3 Å². The number of carbonyl (C=O) groups excluding carboxylic acids is 2. The van der Waals surface area contributed by atoms with Gasteiger partial charge in [-0.05, 0) is 37.3 Å². The highest BCUT2D eigenvalue weighted by atomic mass is 32.2. The fourth-order valence-corrected chi connectivity index (χ4v) is 4.68. The van der Waals surface area contributed by atoms with Gasteiger partial charge in [0, 0.05) is 21.5 Å². The number of aromatic nitrogens is 1. The van der Waals surface area contributed by atoms with Gasteiger partial charge >= 0.3 is 0 Å². The standard InChI is InChI=1S/C25H20FN3O2S2/c1-16(23(30)29-25-28-22(15-32-25)17-8-3-2-4-9-17)33-19-11-7-10-18(14-19)27-24(31)20-12-5-6-13-21(20)26/h2-16H,1H3,(H,27,31)(H,28,29,30). The van der Waals surface area contributed by atoms with Crippen molar-refractivity contribution in [2.75, 3.05) is 10.6 Å². The summed E-state index contributed by atoms with van der Waals surface area (Å²) in [5, 5.41) is 7.61. The molecule has 166 valence electrons. The Bertz CT molecular complexity index is 1280. The molecule has 0 spiro atoms. The van der Waals surface area contributed by atoms with Crippen molar-refractivity contribution in [3.8, 4) is 11.3 Å². The molecule has 1 heterocycles. The number of carbonyl (C=O) groups is 2. The number of thiazole rings is 1. The quantitative estimate of drug-likeness (QED) is 0.306. The van der Waals surface area contributed by atoms with Crippen LogP contribution < -0.4 is 10.6 Å². The number of benzene rings is 3. The zero-order valence-corrected chi connectivity index (χ0v) is 19.3. The molecular formula is C25H20FN3O2S2. The summed E-state index contributed by atoms with van der Waals surface area (Å²) in [7, 11) is 0. The lowest BCUT2D eigenvalue weighted by atomic mass is 10.2. The van der Waals surface area contributed by atoms with E-state index in [1.165, 1.54) is 41.3 Å². The van der Waals surface area contributed by atoms with Gasteiger partial charge in [0.15, 0.2) is 5.13 Å². The zero-order valence-electron chi connectivity index (χ0n) is 17.6. The lowest BCUT2D eigenvalue weighted by Gasteiger charge is -2.12. The maximum Gasteiger partial charge on any atom is 0.258 e. The summed E-state index contributed by atoms with van der Waals surface area (Å²) in [4.78, 5) is 30.3. The van der Waals surface area contributed by atoms with E-state index in [0.29, 0.717) is 10.8 Å². The number of halogens is 1. The van der Waals surface area contributed by atoms with Gasteiger partial charge in [0.05, 0.1) is 16.5 Å². The predicted octanol–water partition coefficient (Wildman–Crippen LogP) is 6.32. The summed E-state index contributed by atoms with van der Waals surface area (Å²) in [6.45, 7) is 1.80. The SMILES string of the molecule is CC(Sc1cccc(NC(=O)c2ccccc2F)c1)C(=O)Nc1nc(-c2ccccc2)cs1. The maximum absolute atomic E-state index is 13.8. The molecule has 1 aromatic heterocycles. The summed E-state index contributed by atoms with van der Waals surface area (Å²) in [5.74, 6) is -1.28. The first-order chi connectivity index (χ1) is 16.0. The molecule has 0 bridgehead atoms. The highest BCUT2D eigenvalue weighted by Crippen LogP contribution is 2.29. The highest BCUT2D eigenvalue weighted by Gasteiger charge is 2.17. The Morgan fingerprint density at radius 2 is 1.73 bits per heavy atom. The van der Waals surface area contributed by atoms with Gasteiger partial charge in [0.1, 0.15) is 5.82 Å². The van der Waals surface area contributed by atoms with E-state index in [2.05, 4.69) is 15.6 Å². The van der Waals surface area contributed by atoms with Gasteiger partial charge in [-0.2, -0.15) is 0 Å². The molecule has 4 rings (SSSR count). The summed E-state index contributed by atoms with van der Waals surface area (Å²) >= 11 is 2.73. The minimum Gasteiger partial charge on any atom is -0.322 e. The third kappa shape index (κ3) is 5.85. The second-order valence-corrected chi connectivity index (χ2v) is 9.39. The number of thioether (sulfide) groups is 1. The molecular weight excluding hydrogens is 457 g/mol. The Kier molecular flexibility index (Phi) is 7.16. The van der Waals surface area contributed by atoms with Crippen molar-refractivity contribution in [3.63, 3.8) is 0 Å². The van der Waals surface area contributed by atoms with Crippen LogP contribution in [0.2, 0.25) is 0 Å². The summed E-state index contributed by atoms with van der Waals surface area (Å²) in [6, 6.07) is 22.7. The van der Waals surface area contributed by atoms with Crippen molar-refractivity contribution >= 4 is 45.7 Å². The average molecular weight is 478 g/mol. The Morgan fingerprint density at radius 3 is 2.52 bits per heavy atom. The molecule has 33 heavy (non-hydrogen) atoms. The number of rotatable bonds is 7. The number of nitrogens with zero attached hydrogens (tertiary/aromatic N) is 1. The van der Waals surface area contributed by atoms with Gasteiger partial charge in [-0.25, -0.2) is 9.37 Å². The van der Waals surface area contributed by atoms with Gasteiger partial charge in [-0.1, -0.05) is 48.5 Å². The van der Waals surface area contributed by atoms with Crippen LogP contribution in [0.15, 0.2) is 89.1 Å². The van der Waals surface area contributed by atoms with E-state index in [4.69, 9.17) is 0 Å². The van der Waals surface area contributed by atoms with Crippen LogP contribution in [-0.4, -0.2) is 22.0 Å². The minimum absolute atomic E-state index is 0.0263. The molecule has 8 heteroatoms. The molecule has 2 amide bonds. The Balaban J connectivity index is 1.37. The number of nitrogens with one attached hydrogen (secondary N) is 2. The second kappa shape index (κ2) is 10.4. The molecule has 0 radical (unpaired) electrons. The average Bonchev–Trinajstić information content (AvgIpc) is 3.28. The van der Waals surface area contributed by atoms with Crippen LogP contribution in [0.4, 0.5) is 15.2 Å². The first-order valence-corrected chi connectivity index (χ1v) is 11.9. The summed E-state index contributed by atoms with van der Waals surface area (Å²) in [5.41, 5.74) is 2.30. The molecule has 1 unspecified atom stereocenters. The van der Waals surface area contributed by atoms with Gasteiger partial charge in [0.25, 0.3) is 5.91 Å². The molecule has 3 aromatic carbocycles. The van der Waals surface area contributed by atoms with Gasteiger partial charge < -0.3 is 10.6 Å². The highest BCUT2D eigenvalue weighted by molar-refractivity contribution is 8.00. The van der Waals surface area contributed by atoms with Crippen LogP contribution in [-0.2, 0) is 4.79 Å². The normalized spacial score (nSPS) is 11.6. The van der Waals surface area contributed by atoms with Crippen molar-refractivity contribution < 1.29 is 14.0 Å². The van der Waals surface area contributed by atoms with Crippen molar-refractivity contribution in [1.82, 2.24) is 4.98 Å². The number of hydrogen-bond acceptors (Lipinski definition) is 5. The third-order valence-electron chi connectivity index (χ3n) is 4.70. The Morgan fingerprint density at radius 1 is 0.970 bits per heavy atom. The van der Waals surface area contributed by atoms with E-state index >= 15 is 0 Å². The number of hydrogen-bond donors (Lipinski definition) is 2. The molecule has 0 aliphatic carbocycles.